The molecule has 8 nitrogen and oxygen atoms in total. The Morgan fingerprint density at radius 2 is 2.11 bits per heavy atom. The number of hydrogen-bond acceptors (Lipinski definition) is 5. The standard InChI is InChI=1S/C19H28N2O6/c1-5-8-20(11(2)3)16(24)14-19-7-6-18(4,27-19)13(17(25)26)12(19)15(23)21(14)9-10-22/h5,11-14,22H,1,6-10H2,2-4H3,(H,25,26)/t12-,13-,14?,18+,19?/m0/s1. The lowest BCUT2D eigenvalue weighted by molar-refractivity contribution is -0.156. The first-order valence-electron chi connectivity index (χ1n) is 9.40. The molecule has 3 fully saturated rings. The number of amides is 2. The number of carboxylic acids is 1. The third-order valence-electron chi connectivity index (χ3n) is 6.35. The molecule has 0 saturated carbocycles. The summed E-state index contributed by atoms with van der Waals surface area (Å²) in [6.07, 6.45) is 2.55. The summed E-state index contributed by atoms with van der Waals surface area (Å²) in [6, 6.07) is -1.06. The van der Waals surface area contributed by atoms with Crippen LogP contribution in [0.1, 0.15) is 33.6 Å². The van der Waals surface area contributed by atoms with Gasteiger partial charge in [0.25, 0.3) is 0 Å². The highest BCUT2D eigenvalue weighted by atomic mass is 16.5. The second kappa shape index (κ2) is 6.60. The van der Waals surface area contributed by atoms with Crippen molar-refractivity contribution in [1.29, 1.82) is 0 Å². The van der Waals surface area contributed by atoms with Crippen molar-refractivity contribution >= 4 is 17.8 Å². The Hall–Kier alpha value is -1.93. The summed E-state index contributed by atoms with van der Waals surface area (Å²) in [4.78, 5) is 41.5. The van der Waals surface area contributed by atoms with Gasteiger partial charge >= 0.3 is 5.97 Å². The number of aliphatic carboxylic acids is 1. The summed E-state index contributed by atoms with van der Waals surface area (Å²) in [5.41, 5.74) is -2.12. The predicted octanol–water partition coefficient (Wildman–Crippen LogP) is 0.251. The summed E-state index contributed by atoms with van der Waals surface area (Å²) in [6.45, 7) is 9.14. The Morgan fingerprint density at radius 1 is 1.44 bits per heavy atom. The third kappa shape index (κ3) is 2.61. The topological polar surface area (TPSA) is 107 Å². The van der Waals surface area contributed by atoms with Crippen molar-refractivity contribution in [2.24, 2.45) is 11.8 Å². The van der Waals surface area contributed by atoms with E-state index in [0.717, 1.165) is 0 Å². The average molecular weight is 380 g/mol. The maximum atomic E-state index is 13.5. The molecule has 3 saturated heterocycles. The number of carbonyl (C=O) groups is 3. The number of nitrogens with zero attached hydrogens (tertiary/aromatic N) is 2. The fourth-order valence-corrected chi connectivity index (χ4v) is 5.28. The molecule has 2 amide bonds. The van der Waals surface area contributed by atoms with E-state index in [1.165, 1.54) is 4.90 Å². The molecule has 5 atom stereocenters. The lowest BCUT2D eigenvalue weighted by Crippen LogP contribution is -2.57. The zero-order valence-electron chi connectivity index (χ0n) is 16.1. The molecule has 3 rings (SSSR count). The number of carboxylic acid groups (broad SMARTS) is 1. The molecule has 0 aliphatic carbocycles. The summed E-state index contributed by atoms with van der Waals surface area (Å²) < 4.78 is 6.24. The first kappa shape index (κ1) is 19.8. The van der Waals surface area contributed by atoms with Gasteiger partial charge in [-0.3, -0.25) is 14.4 Å². The van der Waals surface area contributed by atoms with Crippen LogP contribution in [0.5, 0.6) is 0 Å². The number of fused-ring (bicyclic) bond motifs is 1. The summed E-state index contributed by atoms with van der Waals surface area (Å²) >= 11 is 0. The maximum Gasteiger partial charge on any atom is 0.310 e. The molecule has 3 aliphatic heterocycles. The number of aliphatic hydroxyl groups excluding tert-OH is 1. The number of ether oxygens (including phenoxy) is 1. The summed E-state index contributed by atoms with van der Waals surface area (Å²) in [5, 5.41) is 19.2. The van der Waals surface area contributed by atoms with Crippen LogP contribution in [-0.2, 0) is 19.1 Å². The lowest BCUT2D eigenvalue weighted by atomic mass is 9.66. The van der Waals surface area contributed by atoms with E-state index >= 15 is 0 Å². The number of likely N-dealkylation sites (tertiary alicyclic amines) is 1. The molecule has 2 unspecified atom stereocenters. The number of rotatable bonds is 7. The van der Waals surface area contributed by atoms with Gasteiger partial charge in [-0.05, 0) is 33.6 Å². The van der Waals surface area contributed by atoms with Crippen LogP contribution in [0.3, 0.4) is 0 Å². The molecule has 3 aliphatic rings. The minimum absolute atomic E-state index is 0.0278. The van der Waals surface area contributed by atoms with Crippen LogP contribution >= 0.6 is 0 Å². The van der Waals surface area contributed by atoms with Crippen LogP contribution in [0.25, 0.3) is 0 Å². The van der Waals surface area contributed by atoms with Crippen molar-refractivity contribution in [3.63, 3.8) is 0 Å². The molecule has 0 aromatic heterocycles. The van der Waals surface area contributed by atoms with Gasteiger partial charge in [0.05, 0.1) is 24.0 Å². The van der Waals surface area contributed by atoms with Crippen LogP contribution in [0.15, 0.2) is 12.7 Å². The van der Waals surface area contributed by atoms with Crippen molar-refractivity contribution in [2.45, 2.75) is 56.9 Å². The van der Waals surface area contributed by atoms with Crippen LogP contribution < -0.4 is 0 Å². The molecule has 150 valence electrons. The molecular weight excluding hydrogens is 352 g/mol. The van der Waals surface area contributed by atoms with Gasteiger partial charge in [0.2, 0.25) is 11.8 Å². The number of carbonyl (C=O) groups excluding carboxylic acids is 2. The van der Waals surface area contributed by atoms with Crippen molar-refractivity contribution in [3.8, 4) is 0 Å². The van der Waals surface area contributed by atoms with Crippen molar-refractivity contribution in [1.82, 2.24) is 9.80 Å². The maximum absolute atomic E-state index is 13.5. The fourth-order valence-electron chi connectivity index (χ4n) is 5.28. The summed E-state index contributed by atoms with van der Waals surface area (Å²) in [7, 11) is 0. The Labute approximate surface area is 158 Å². The molecule has 1 spiro atoms. The van der Waals surface area contributed by atoms with Crippen LogP contribution in [0, 0.1) is 11.8 Å². The van der Waals surface area contributed by atoms with E-state index in [-0.39, 0.29) is 25.1 Å². The SMILES string of the molecule is C=CCN(C(=O)C1N(CCO)C(=O)[C@@H]2[C@@H](C(=O)O)[C@@]3(C)CCC12O3)C(C)C. The molecule has 2 bridgehead atoms. The predicted molar refractivity (Wildman–Crippen MR) is 95.7 cm³/mol. The normalized spacial score (nSPS) is 37.0. The number of β-amino-alcohol motifs (C(OH)–C–C–N with tert-alkyl or cyclic N) is 1. The Kier molecular flexibility index (Phi) is 4.84. The van der Waals surface area contributed by atoms with Crippen molar-refractivity contribution in [2.75, 3.05) is 19.7 Å². The van der Waals surface area contributed by atoms with Crippen LogP contribution in [0.4, 0.5) is 0 Å². The van der Waals surface area contributed by atoms with E-state index in [1.54, 1.807) is 17.9 Å². The molecule has 27 heavy (non-hydrogen) atoms. The number of hydrogen-bond donors (Lipinski definition) is 2. The van der Waals surface area contributed by atoms with Gasteiger partial charge in [-0.25, -0.2) is 0 Å². The Bertz CT molecular complexity index is 679. The van der Waals surface area contributed by atoms with Gasteiger partial charge in [0.1, 0.15) is 11.6 Å². The highest BCUT2D eigenvalue weighted by molar-refractivity contribution is 5.98. The minimum atomic E-state index is -1.16. The molecule has 2 N–H and O–H groups in total. The fraction of sp³-hybridized carbons (Fsp3) is 0.737. The van der Waals surface area contributed by atoms with Crippen LogP contribution in [0.2, 0.25) is 0 Å². The van der Waals surface area contributed by atoms with E-state index in [4.69, 9.17) is 4.74 Å². The van der Waals surface area contributed by atoms with Gasteiger partial charge < -0.3 is 24.7 Å². The molecule has 0 aromatic rings. The van der Waals surface area contributed by atoms with Gasteiger partial charge in [-0.2, -0.15) is 0 Å². The molecule has 0 radical (unpaired) electrons. The minimum Gasteiger partial charge on any atom is -0.481 e. The van der Waals surface area contributed by atoms with E-state index in [9.17, 15) is 24.6 Å². The van der Waals surface area contributed by atoms with Gasteiger partial charge in [0, 0.05) is 19.1 Å². The first-order chi connectivity index (χ1) is 12.6. The highest BCUT2D eigenvalue weighted by Gasteiger charge is 2.78. The van der Waals surface area contributed by atoms with Gasteiger partial charge in [-0.15, -0.1) is 6.58 Å². The molecule has 0 aromatic carbocycles. The van der Waals surface area contributed by atoms with E-state index in [1.807, 2.05) is 13.8 Å². The Balaban J connectivity index is 2.09. The summed E-state index contributed by atoms with van der Waals surface area (Å²) in [5.74, 6) is -3.69. The van der Waals surface area contributed by atoms with E-state index in [0.29, 0.717) is 19.4 Å². The van der Waals surface area contributed by atoms with Crippen molar-refractivity contribution < 1.29 is 29.3 Å². The van der Waals surface area contributed by atoms with Gasteiger partial charge in [-0.1, -0.05) is 6.08 Å². The quantitative estimate of drug-likeness (QED) is 0.613. The molecule has 3 heterocycles. The smallest absolute Gasteiger partial charge is 0.310 e. The average Bonchev–Trinajstić information content (AvgIpc) is 3.14. The lowest BCUT2D eigenvalue weighted by Gasteiger charge is -2.38. The van der Waals surface area contributed by atoms with Crippen molar-refractivity contribution in [3.05, 3.63) is 12.7 Å². The zero-order chi connectivity index (χ0) is 20.1. The van der Waals surface area contributed by atoms with Crippen LogP contribution in [-0.4, -0.2) is 80.8 Å². The first-order valence-corrected chi connectivity index (χ1v) is 9.40. The zero-order valence-corrected chi connectivity index (χ0v) is 16.1. The second-order valence-electron chi connectivity index (χ2n) is 8.19. The molecular formula is C19H28N2O6. The monoisotopic (exact) mass is 380 g/mol. The Morgan fingerprint density at radius 3 is 2.63 bits per heavy atom. The van der Waals surface area contributed by atoms with E-state index in [2.05, 4.69) is 6.58 Å². The highest BCUT2D eigenvalue weighted by Crippen LogP contribution is 2.63. The third-order valence-corrected chi connectivity index (χ3v) is 6.35. The molecule has 8 heteroatoms. The largest absolute Gasteiger partial charge is 0.481 e. The van der Waals surface area contributed by atoms with Gasteiger partial charge in [0.15, 0.2) is 0 Å². The van der Waals surface area contributed by atoms with E-state index < -0.39 is 41.0 Å². The second-order valence-corrected chi connectivity index (χ2v) is 8.19. The number of aliphatic hydroxyl groups is 1.